The van der Waals surface area contributed by atoms with Crippen molar-refractivity contribution in [2.45, 2.75) is 19.8 Å². The molecule has 5 aromatic heterocycles. The number of aromatic nitrogens is 5. The molecule has 0 aliphatic rings. The molecule has 0 aliphatic carbocycles. The highest BCUT2D eigenvalue weighted by atomic mass is 31.2. The van der Waals surface area contributed by atoms with E-state index in [2.05, 4.69) is 19.6 Å². The van der Waals surface area contributed by atoms with Gasteiger partial charge in [-0.2, -0.15) is 0 Å². The van der Waals surface area contributed by atoms with Crippen molar-refractivity contribution in [2.75, 3.05) is 5.73 Å². The monoisotopic (exact) mass is 509 g/mol. The standard InChI is InChI=1S/C23H21N6O6P/c24-23-19(2-1-7-29(23)15-34-36(30,31)32)20-12-18(27-35-20)10-16-3-4-22(26-13-16)33-14-17-5-8-28-9-6-25-21(28)11-17/h1-9,11-13,24H,10,14-15H2,(H2,30,31,32)/p+1. The fourth-order valence-corrected chi connectivity index (χ4v) is 3.83. The molecule has 0 bridgehead atoms. The van der Waals surface area contributed by atoms with Gasteiger partial charge in [0.15, 0.2) is 5.76 Å². The van der Waals surface area contributed by atoms with Gasteiger partial charge < -0.3 is 23.4 Å². The molecule has 36 heavy (non-hydrogen) atoms. The number of fused-ring (bicyclic) bond motifs is 1. The molecule has 0 saturated carbocycles. The highest BCUT2D eigenvalue weighted by Crippen LogP contribution is 2.35. The van der Waals surface area contributed by atoms with Gasteiger partial charge in [-0.25, -0.2) is 23.6 Å². The summed E-state index contributed by atoms with van der Waals surface area (Å²) in [6.45, 7) is -0.0386. The van der Waals surface area contributed by atoms with E-state index in [1.54, 1.807) is 36.7 Å². The van der Waals surface area contributed by atoms with Crippen LogP contribution in [0.3, 0.4) is 0 Å². The second kappa shape index (κ2) is 9.88. The minimum Gasteiger partial charge on any atom is -0.473 e. The Morgan fingerprint density at radius 2 is 2.00 bits per heavy atom. The Morgan fingerprint density at radius 1 is 1.11 bits per heavy atom. The molecular weight excluding hydrogens is 487 g/mol. The first kappa shape index (κ1) is 23.6. The van der Waals surface area contributed by atoms with Crippen molar-refractivity contribution in [3.8, 4) is 17.2 Å². The lowest BCUT2D eigenvalue weighted by Crippen LogP contribution is -2.38. The molecule has 0 spiro atoms. The predicted octanol–water partition coefficient (Wildman–Crippen LogP) is 2.49. The molecule has 0 atom stereocenters. The van der Waals surface area contributed by atoms with Crippen molar-refractivity contribution in [1.29, 1.82) is 0 Å². The second-order valence-corrected chi connectivity index (χ2v) is 9.15. The molecule has 0 aliphatic heterocycles. The van der Waals surface area contributed by atoms with Gasteiger partial charge in [-0.1, -0.05) is 11.2 Å². The van der Waals surface area contributed by atoms with Gasteiger partial charge in [0.2, 0.25) is 12.6 Å². The van der Waals surface area contributed by atoms with Crippen LogP contribution < -0.4 is 15.0 Å². The molecule has 5 heterocycles. The lowest BCUT2D eigenvalue weighted by atomic mass is 10.1. The molecule has 0 aromatic carbocycles. The van der Waals surface area contributed by atoms with Crippen LogP contribution in [0.4, 0.5) is 5.82 Å². The number of phosphoric ester groups is 1. The van der Waals surface area contributed by atoms with Gasteiger partial charge >= 0.3 is 7.82 Å². The molecule has 0 radical (unpaired) electrons. The first-order chi connectivity index (χ1) is 17.3. The third-order valence-electron chi connectivity index (χ3n) is 5.34. The van der Waals surface area contributed by atoms with E-state index in [1.165, 1.54) is 10.8 Å². The quantitative estimate of drug-likeness (QED) is 0.199. The van der Waals surface area contributed by atoms with Crippen LogP contribution in [0.5, 0.6) is 5.88 Å². The van der Waals surface area contributed by atoms with Crippen LogP contribution in [-0.4, -0.2) is 29.3 Å². The minimum absolute atomic E-state index is 0.212. The van der Waals surface area contributed by atoms with Crippen LogP contribution in [0, 0.1) is 0 Å². The zero-order chi connectivity index (χ0) is 25.1. The van der Waals surface area contributed by atoms with E-state index in [1.807, 2.05) is 35.0 Å². The van der Waals surface area contributed by atoms with Gasteiger partial charge in [0, 0.05) is 43.3 Å². The molecule has 0 saturated heterocycles. The van der Waals surface area contributed by atoms with E-state index in [0.29, 0.717) is 35.9 Å². The van der Waals surface area contributed by atoms with Crippen LogP contribution in [0.2, 0.25) is 0 Å². The number of nitrogens with zero attached hydrogens (tertiary/aromatic N) is 5. The number of rotatable bonds is 9. The van der Waals surface area contributed by atoms with E-state index < -0.39 is 14.6 Å². The molecule has 4 N–H and O–H groups in total. The van der Waals surface area contributed by atoms with Gasteiger partial charge in [0.25, 0.3) is 5.82 Å². The van der Waals surface area contributed by atoms with Crippen LogP contribution >= 0.6 is 7.82 Å². The highest BCUT2D eigenvalue weighted by Gasteiger charge is 2.20. The normalized spacial score (nSPS) is 11.7. The summed E-state index contributed by atoms with van der Waals surface area (Å²) < 4.78 is 30.0. The van der Waals surface area contributed by atoms with Gasteiger partial charge in [-0.05, 0) is 35.4 Å². The molecule has 13 heteroatoms. The van der Waals surface area contributed by atoms with E-state index >= 15 is 0 Å². The number of hydrogen-bond acceptors (Lipinski definition) is 8. The number of ether oxygens (including phenoxy) is 1. The molecular formula is C23H22N6O6P+. The molecule has 184 valence electrons. The molecule has 12 nitrogen and oxygen atoms in total. The highest BCUT2D eigenvalue weighted by molar-refractivity contribution is 7.46. The second-order valence-electron chi connectivity index (χ2n) is 7.91. The summed E-state index contributed by atoms with van der Waals surface area (Å²) in [7, 11) is -4.63. The third-order valence-corrected chi connectivity index (χ3v) is 5.79. The Bertz CT molecular complexity index is 1540. The van der Waals surface area contributed by atoms with E-state index in [4.69, 9.17) is 24.8 Å². The van der Waals surface area contributed by atoms with E-state index in [-0.39, 0.29) is 5.82 Å². The number of imidazole rings is 1. The number of phosphoric acid groups is 1. The van der Waals surface area contributed by atoms with Crippen molar-refractivity contribution >= 4 is 19.3 Å². The lowest BCUT2D eigenvalue weighted by Gasteiger charge is -2.07. The van der Waals surface area contributed by atoms with Crippen molar-refractivity contribution < 1.29 is 32.7 Å². The van der Waals surface area contributed by atoms with Gasteiger partial charge in [-0.3, -0.25) is 5.73 Å². The number of nitrogen functional groups attached to an aromatic ring is 1. The average Bonchev–Trinajstić information content (AvgIpc) is 3.52. The first-order valence-electron chi connectivity index (χ1n) is 10.8. The van der Waals surface area contributed by atoms with Crippen LogP contribution in [0.1, 0.15) is 16.8 Å². The Labute approximate surface area is 204 Å². The lowest BCUT2D eigenvalue weighted by molar-refractivity contribution is -0.711. The average molecular weight is 509 g/mol. The largest absolute Gasteiger partial charge is 0.473 e. The summed E-state index contributed by atoms with van der Waals surface area (Å²) in [5, 5.41) is 4.10. The predicted molar refractivity (Wildman–Crippen MR) is 126 cm³/mol. The maximum atomic E-state index is 11.0. The Kier molecular flexibility index (Phi) is 6.49. The van der Waals surface area contributed by atoms with Gasteiger partial charge in [-0.15, -0.1) is 0 Å². The molecule has 5 rings (SSSR count). The first-order valence-corrected chi connectivity index (χ1v) is 12.3. The van der Waals surface area contributed by atoms with Crippen LogP contribution in [-0.2, 0) is 28.8 Å². The SMILES string of the molecule is Nc1c(-c2cc(Cc3ccc(OCc4ccn5ccnc5c4)nc3)no2)ccc[n+]1COP(=O)(O)O. The summed E-state index contributed by atoms with van der Waals surface area (Å²) in [4.78, 5) is 26.5. The summed E-state index contributed by atoms with van der Waals surface area (Å²) in [6.07, 6.45) is 9.29. The number of hydrogen-bond donors (Lipinski definition) is 3. The van der Waals surface area contributed by atoms with Crippen molar-refractivity contribution in [1.82, 2.24) is 19.5 Å². The van der Waals surface area contributed by atoms with Crippen LogP contribution in [0.15, 0.2) is 78.0 Å². The fraction of sp³-hybridized carbons (Fsp3) is 0.130. The van der Waals surface area contributed by atoms with Crippen LogP contribution in [0.25, 0.3) is 17.0 Å². The fourth-order valence-electron chi connectivity index (χ4n) is 3.55. The molecule has 0 fully saturated rings. The Hall–Kier alpha value is -4.09. The number of pyridine rings is 3. The number of anilines is 1. The Morgan fingerprint density at radius 3 is 2.81 bits per heavy atom. The zero-order valence-corrected chi connectivity index (χ0v) is 19.7. The van der Waals surface area contributed by atoms with E-state index in [9.17, 15) is 4.57 Å². The van der Waals surface area contributed by atoms with Crippen molar-refractivity contribution in [2.24, 2.45) is 0 Å². The summed E-state index contributed by atoms with van der Waals surface area (Å²) in [6, 6.07) is 12.7. The molecule has 5 aromatic rings. The Balaban J connectivity index is 1.21. The number of nitrogens with two attached hydrogens (primary N) is 1. The van der Waals surface area contributed by atoms with E-state index in [0.717, 1.165) is 16.8 Å². The summed E-state index contributed by atoms with van der Waals surface area (Å²) in [5.41, 5.74) is 10.1. The maximum Gasteiger partial charge on any atom is 0.472 e. The maximum absolute atomic E-state index is 11.0. The minimum atomic E-state index is -4.63. The topological polar surface area (TPSA) is 162 Å². The van der Waals surface area contributed by atoms with Gasteiger partial charge in [0.1, 0.15) is 17.8 Å². The van der Waals surface area contributed by atoms with Crippen molar-refractivity contribution in [3.63, 3.8) is 0 Å². The van der Waals surface area contributed by atoms with Gasteiger partial charge in [0.05, 0.1) is 11.9 Å². The summed E-state index contributed by atoms with van der Waals surface area (Å²) in [5.74, 6) is 1.13. The summed E-state index contributed by atoms with van der Waals surface area (Å²) >= 11 is 0. The van der Waals surface area contributed by atoms with Crippen molar-refractivity contribution in [3.05, 3.63) is 90.3 Å². The smallest absolute Gasteiger partial charge is 0.472 e. The molecule has 0 amide bonds. The third kappa shape index (κ3) is 5.58. The zero-order valence-electron chi connectivity index (χ0n) is 18.8. The molecule has 0 unspecified atom stereocenters.